The van der Waals surface area contributed by atoms with Gasteiger partial charge >= 0.3 is 0 Å². The molecule has 2 atom stereocenters. The summed E-state index contributed by atoms with van der Waals surface area (Å²) in [4.78, 5) is 12.0. The molecule has 5 heteroatoms. The zero-order valence-corrected chi connectivity index (χ0v) is 10.3. The van der Waals surface area contributed by atoms with Crippen molar-refractivity contribution in [3.05, 3.63) is 18.2 Å². The van der Waals surface area contributed by atoms with Crippen LogP contribution in [0.4, 0.5) is 5.69 Å². The fraction of sp³-hybridized carbons (Fsp3) is 0.462. The Balaban J connectivity index is 2.03. The van der Waals surface area contributed by atoms with Gasteiger partial charge in [-0.05, 0) is 31.4 Å². The number of benzene rings is 1. The first-order chi connectivity index (χ1) is 8.60. The second-order valence-electron chi connectivity index (χ2n) is 4.64. The fourth-order valence-electron chi connectivity index (χ4n) is 2.23. The third-order valence-corrected chi connectivity index (χ3v) is 3.31. The van der Waals surface area contributed by atoms with Gasteiger partial charge in [-0.25, -0.2) is 0 Å². The minimum Gasteiger partial charge on any atom is -0.506 e. The molecule has 18 heavy (non-hydrogen) atoms. The number of phenols is 1. The number of aromatic hydroxyl groups is 1. The van der Waals surface area contributed by atoms with Crippen molar-refractivity contribution in [2.75, 3.05) is 12.4 Å². The number of nitrogens with one attached hydrogen (secondary N) is 1. The lowest BCUT2D eigenvalue weighted by atomic mass is 10.1. The van der Waals surface area contributed by atoms with Crippen molar-refractivity contribution in [3.8, 4) is 11.5 Å². The molecule has 1 fully saturated rings. The largest absolute Gasteiger partial charge is 0.506 e. The number of hydrogen-bond donors (Lipinski definition) is 3. The van der Waals surface area contributed by atoms with Gasteiger partial charge in [-0.2, -0.15) is 0 Å². The molecule has 0 aromatic heterocycles. The Morgan fingerprint density at radius 2 is 2.28 bits per heavy atom. The van der Waals surface area contributed by atoms with E-state index < -0.39 is 0 Å². The van der Waals surface area contributed by atoms with Gasteiger partial charge in [-0.3, -0.25) is 4.79 Å². The molecule has 4 N–H and O–H groups in total. The molecular weight excluding hydrogens is 232 g/mol. The molecule has 2 rings (SSSR count). The first kappa shape index (κ1) is 12.7. The predicted molar refractivity (Wildman–Crippen MR) is 68.6 cm³/mol. The van der Waals surface area contributed by atoms with E-state index in [4.69, 9.17) is 10.5 Å². The highest BCUT2D eigenvalue weighted by Crippen LogP contribution is 2.30. The Labute approximate surface area is 106 Å². The SMILES string of the molecule is COc1ccc(NC(=O)C2CCC(N)C2)c(O)c1. The molecule has 1 aromatic carbocycles. The Bertz CT molecular complexity index is 448. The van der Waals surface area contributed by atoms with Gasteiger partial charge in [0.2, 0.25) is 5.91 Å². The Hall–Kier alpha value is -1.75. The van der Waals surface area contributed by atoms with Crippen LogP contribution in [0.25, 0.3) is 0 Å². The van der Waals surface area contributed by atoms with Gasteiger partial charge in [-0.1, -0.05) is 0 Å². The molecule has 0 heterocycles. The number of phenolic OH excluding ortho intramolecular Hbond substituents is 1. The number of hydrogen-bond acceptors (Lipinski definition) is 4. The Morgan fingerprint density at radius 1 is 1.50 bits per heavy atom. The van der Waals surface area contributed by atoms with Crippen molar-refractivity contribution in [2.45, 2.75) is 25.3 Å². The summed E-state index contributed by atoms with van der Waals surface area (Å²) in [6.45, 7) is 0. The van der Waals surface area contributed by atoms with Gasteiger partial charge in [0.25, 0.3) is 0 Å². The van der Waals surface area contributed by atoms with Crippen LogP contribution in [0.3, 0.4) is 0 Å². The molecule has 0 spiro atoms. The van der Waals surface area contributed by atoms with Gasteiger partial charge in [0.05, 0.1) is 12.8 Å². The van der Waals surface area contributed by atoms with E-state index in [1.807, 2.05) is 0 Å². The molecule has 0 radical (unpaired) electrons. The second-order valence-corrected chi connectivity index (χ2v) is 4.64. The summed E-state index contributed by atoms with van der Waals surface area (Å²) >= 11 is 0. The Kier molecular flexibility index (Phi) is 3.72. The van der Waals surface area contributed by atoms with Gasteiger partial charge in [0.1, 0.15) is 11.5 Å². The van der Waals surface area contributed by atoms with Crippen molar-refractivity contribution in [1.82, 2.24) is 0 Å². The molecule has 1 aromatic rings. The highest BCUT2D eigenvalue weighted by atomic mass is 16.5. The van der Waals surface area contributed by atoms with Crippen LogP contribution < -0.4 is 15.8 Å². The summed E-state index contributed by atoms with van der Waals surface area (Å²) in [6.07, 6.45) is 2.40. The van der Waals surface area contributed by atoms with Crippen molar-refractivity contribution in [3.63, 3.8) is 0 Å². The molecule has 98 valence electrons. The van der Waals surface area contributed by atoms with Crippen molar-refractivity contribution in [2.24, 2.45) is 11.7 Å². The topological polar surface area (TPSA) is 84.6 Å². The van der Waals surface area contributed by atoms with Crippen LogP contribution >= 0.6 is 0 Å². The molecule has 1 aliphatic carbocycles. The highest BCUT2D eigenvalue weighted by Gasteiger charge is 2.28. The lowest BCUT2D eigenvalue weighted by molar-refractivity contribution is -0.119. The van der Waals surface area contributed by atoms with E-state index in [0.717, 1.165) is 12.8 Å². The zero-order valence-electron chi connectivity index (χ0n) is 10.3. The molecule has 0 aliphatic heterocycles. The maximum Gasteiger partial charge on any atom is 0.227 e. The van der Waals surface area contributed by atoms with Crippen LogP contribution in [0.1, 0.15) is 19.3 Å². The normalized spacial score (nSPS) is 22.8. The summed E-state index contributed by atoms with van der Waals surface area (Å²) in [6, 6.07) is 4.90. The van der Waals surface area contributed by atoms with E-state index in [2.05, 4.69) is 5.32 Å². The minimum atomic E-state index is -0.0802. The standard InChI is InChI=1S/C13H18N2O3/c1-18-10-4-5-11(12(16)7-10)15-13(17)8-2-3-9(14)6-8/h4-5,7-9,16H,2-3,6,14H2,1H3,(H,15,17). The molecule has 5 nitrogen and oxygen atoms in total. The van der Waals surface area contributed by atoms with E-state index in [9.17, 15) is 9.90 Å². The minimum absolute atomic E-state index is 0.00463. The number of carbonyl (C=O) groups is 1. The van der Waals surface area contributed by atoms with E-state index >= 15 is 0 Å². The molecule has 1 saturated carbocycles. The summed E-state index contributed by atoms with van der Waals surface area (Å²) in [5.74, 6) is 0.420. The van der Waals surface area contributed by atoms with E-state index in [1.54, 1.807) is 12.1 Å². The quantitative estimate of drug-likeness (QED) is 0.709. The summed E-state index contributed by atoms with van der Waals surface area (Å²) < 4.78 is 4.98. The summed E-state index contributed by atoms with van der Waals surface area (Å²) in [5, 5.41) is 12.5. The number of ether oxygens (including phenoxy) is 1. The summed E-state index contributed by atoms with van der Waals surface area (Å²) in [5.41, 5.74) is 6.18. The Morgan fingerprint density at radius 3 is 2.83 bits per heavy atom. The van der Waals surface area contributed by atoms with Crippen molar-refractivity contribution < 1.29 is 14.6 Å². The third-order valence-electron chi connectivity index (χ3n) is 3.31. The smallest absolute Gasteiger partial charge is 0.227 e. The number of rotatable bonds is 3. The lowest BCUT2D eigenvalue weighted by Crippen LogP contribution is -2.23. The third kappa shape index (κ3) is 2.73. The molecule has 1 amide bonds. The summed E-state index contributed by atoms with van der Waals surface area (Å²) in [7, 11) is 1.52. The number of nitrogens with two attached hydrogens (primary N) is 1. The van der Waals surface area contributed by atoms with Crippen LogP contribution in [0.5, 0.6) is 11.5 Å². The maximum absolute atomic E-state index is 12.0. The van der Waals surface area contributed by atoms with Gasteiger partial charge < -0.3 is 20.9 Å². The average molecular weight is 250 g/mol. The van der Waals surface area contributed by atoms with E-state index in [-0.39, 0.29) is 23.6 Å². The van der Waals surface area contributed by atoms with Crippen LogP contribution in [0, 0.1) is 5.92 Å². The van der Waals surface area contributed by atoms with Crippen molar-refractivity contribution in [1.29, 1.82) is 0 Å². The highest BCUT2D eigenvalue weighted by molar-refractivity contribution is 5.94. The average Bonchev–Trinajstić information content (AvgIpc) is 2.78. The number of carbonyl (C=O) groups excluding carboxylic acids is 1. The number of anilines is 1. The first-order valence-electron chi connectivity index (χ1n) is 6.03. The van der Waals surface area contributed by atoms with Gasteiger partial charge in [-0.15, -0.1) is 0 Å². The molecule has 0 bridgehead atoms. The molecule has 2 unspecified atom stereocenters. The van der Waals surface area contributed by atoms with Crippen LogP contribution in [0.2, 0.25) is 0 Å². The van der Waals surface area contributed by atoms with Crippen LogP contribution in [-0.4, -0.2) is 24.2 Å². The van der Waals surface area contributed by atoms with E-state index in [1.165, 1.54) is 13.2 Å². The fourth-order valence-corrected chi connectivity index (χ4v) is 2.23. The first-order valence-corrected chi connectivity index (χ1v) is 6.03. The lowest BCUT2D eigenvalue weighted by Gasteiger charge is -2.12. The number of methoxy groups -OCH3 is 1. The monoisotopic (exact) mass is 250 g/mol. The van der Waals surface area contributed by atoms with Crippen molar-refractivity contribution >= 4 is 11.6 Å². The second kappa shape index (κ2) is 5.27. The zero-order chi connectivity index (χ0) is 13.1. The van der Waals surface area contributed by atoms with Gasteiger partial charge in [0.15, 0.2) is 0 Å². The van der Waals surface area contributed by atoms with Crippen LogP contribution in [-0.2, 0) is 4.79 Å². The number of amides is 1. The van der Waals surface area contributed by atoms with Gasteiger partial charge in [0, 0.05) is 18.0 Å². The molecular formula is C13H18N2O3. The van der Waals surface area contributed by atoms with Crippen LogP contribution in [0.15, 0.2) is 18.2 Å². The van der Waals surface area contributed by atoms with E-state index in [0.29, 0.717) is 17.9 Å². The molecule has 0 saturated heterocycles. The molecule has 1 aliphatic rings. The maximum atomic E-state index is 12.0. The predicted octanol–water partition coefficient (Wildman–Crippen LogP) is 1.47.